The van der Waals surface area contributed by atoms with Crippen LogP contribution in [0.3, 0.4) is 0 Å². The van der Waals surface area contributed by atoms with Gasteiger partial charge < -0.3 is 14.9 Å². The molecule has 0 nitrogen and oxygen atoms in total. The minimum absolute atomic E-state index is 0. The van der Waals surface area contributed by atoms with Crippen LogP contribution in [0.2, 0.25) is 0 Å². The zero-order valence-electron chi connectivity index (χ0n) is 31.1. The van der Waals surface area contributed by atoms with Crippen LogP contribution < -0.4 is 0 Å². The van der Waals surface area contributed by atoms with Gasteiger partial charge in [-0.3, -0.25) is 0 Å². The number of halogens is 14. The molecule has 310 valence electrons. The monoisotopic (exact) mass is 944 g/mol. The summed E-state index contributed by atoms with van der Waals surface area (Å²) in [6.45, 7) is 10.3. The van der Waals surface area contributed by atoms with Crippen LogP contribution in [0.4, 0.5) is 52.7 Å². The van der Waals surface area contributed by atoms with Crippen molar-refractivity contribution >= 4 is 53.2 Å². The van der Waals surface area contributed by atoms with Crippen LogP contribution in [0, 0.1) is 35.6 Å². The van der Waals surface area contributed by atoms with Crippen molar-refractivity contribution in [2.45, 2.75) is 58.8 Å². The van der Waals surface area contributed by atoms with Gasteiger partial charge in [-0.1, -0.05) is 48.2 Å². The molecule has 0 saturated carbocycles. The molecule has 2 radical (unpaired) electrons. The van der Waals surface area contributed by atoms with Crippen LogP contribution in [0.1, 0.15) is 51.4 Å². The zero-order chi connectivity index (χ0) is 39.8. The SMILES string of the molecule is CCc1cc2c(-c3cc(C(F)(F)F)cc(C(F)(F)F)c3)cc(C)cc2[cH-]1.Cc1cc(-c2cc(C(F)(F)F)cc(C(F)(F)F)c2)c2cc(C)[cH-]c2c1.Cl.Cl.[CH3-].[CH3-].[Si]=[Zr]. The summed E-state index contributed by atoms with van der Waals surface area (Å²) in [5, 5.41) is 2.89. The van der Waals surface area contributed by atoms with Gasteiger partial charge in [0, 0.05) is 0 Å². The molecule has 0 saturated heterocycles. The van der Waals surface area contributed by atoms with E-state index in [9.17, 15) is 52.7 Å². The predicted molar refractivity (Wildman–Crippen MR) is 207 cm³/mol. The van der Waals surface area contributed by atoms with E-state index in [4.69, 9.17) is 0 Å². The van der Waals surface area contributed by atoms with E-state index in [0.29, 0.717) is 21.9 Å². The molecular formula is C41H36Cl2F12SiZr-4. The first kappa shape index (κ1) is 53.9. The molecule has 0 amide bonds. The number of rotatable bonds is 3. The van der Waals surface area contributed by atoms with Gasteiger partial charge in [-0.15, -0.1) is 81.8 Å². The maximum atomic E-state index is 13.1. The average Bonchev–Trinajstić information content (AvgIpc) is 3.65. The van der Waals surface area contributed by atoms with E-state index in [0.717, 1.165) is 63.7 Å². The van der Waals surface area contributed by atoms with Gasteiger partial charge in [0.05, 0.1) is 22.3 Å². The Morgan fingerprint density at radius 2 is 0.789 bits per heavy atom. The van der Waals surface area contributed by atoms with Gasteiger partial charge >= 0.3 is 54.9 Å². The molecule has 57 heavy (non-hydrogen) atoms. The number of aryl methyl sites for hydroxylation is 4. The van der Waals surface area contributed by atoms with Gasteiger partial charge in [0.25, 0.3) is 0 Å². The Kier molecular flexibility index (Phi) is 19.2. The Hall–Kier alpha value is -3.06. The Balaban J connectivity index is 0.000000988. The van der Waals surface area contributed by atoms with E-state index in [1.54, 1.807) is 32.0 Å². The Morgan fingerprint density at radius 3 is 1.11 bits per heavy atom. The molecule has 0 aliphatic carbocycles. The molecule has 0 heterocycles. The van der Waals surface area contributed by atoms with Crippen molar-refractivity contribution in [3.05, 3.63) is 144 Å². The van der Waals surface area contributed by atoms with E-state index in [1.807, 2.05) is 44.2 Å². The van der Waals surface area contributed by atoms with Crippen molar-refractivity contribution in [2.24, 2.45) is 0 Å². The predicted octanol–water partition coefficient (Wildman–Crippen LogP) is 15.4. The summed E-state index contributed by atoms with van der Waals surface area (Å²) in [7, 11) is 0. The zero-order valence-corrected chi connectivity index (χ0v) is 36.2. The van der Waals surface area contributed by atoms with Crippen molar-refractivity contribution in [2.75, 3.05) is 0 Å². The molecule has 16 heteroatoms. The first-order valence-corrected chi connectivity index (χ1v) is 19.8. The summed E-state index contributed by atoms with van der Waals surface area (Å²) in [5.41, 5.74) is -1.28. The third-order valence-corrected chi connectivity index (χ3v) is 8.34. The molecule has 0 aliphatic rings. The first-order valence-electron chi connectivity index (χ1n) is 15.7. The molecule has 0 bridgehead atoms. The minimum atomic E-state index is -4.86. The number of hydrogen-bond acceptors (Lipinski definition) is 0. The molecule has 6 aromatic carbocycles. The van der Waals surface area contributed by atoms with Crippen molar-refractivity contribution in [3.63, 3.8) is 0 Å². The fourth-order valence-corrected chi connectivity index (χ4v) is 6.06. The molecule has 0 fully saturated rings. The van der Waals surface area contributed by atoms with Gasteiger partial charge in [0.2, 0.25) is 0 Å². The van der Waals surface area contributed by atoms with Gasteiger partial charge in [-0.25, -0.2) is 0 Å². The van der Waals surface area contributed by atoms with E-state index >= 15 is 0 Å². The number of hydrogen-bond donors (Lipinski definition) is 0. The molecule has 0 aliphatic heterocycles. The van der Waals surface area contributed by atoms with Crippen LogP contribution in [0.25, 0.3) is 43.8 Å². The van der Waals surface area contributed by atoms with Gasteiger partial charge in [0.1, 0.15) is 0 Å². The van der Waals surface area contributed by atoms with E-state index in [1.165, 1.54) is 23.3 Å². The van der Waals surface area contributed by atoms with E-state index < -0.39 is 47.0 Å². The molecular weight excluding hydrogens is 911 g/mol. The summed E-state index contributed by atoms with van der Waals surface area (Å²) in [6, 6.07) is 17.7. The van der Waals surface area contributed by atoms with E-state index in [-0.39, 0.29) is 62.9 Å². The topological polar surface area (TPSA) is 0 Å². The van der Waals surface area contributed by atoms with Crippen molar-refractivity contribution in [1.29, 1.82) is 0 Å². The summed E-state index contributed by atoms with van der Waals surface area (Å²) >= 11 is 1.36. The van der Waals surface area contributed by atoms with Gasteiger partial charge in [-0.2, -0.15) is 64.8 Å². The van der Waals surface area contributed by atoms with Crippen molar-refractivity contribution in [3.8, 4) is 22.3 Å². The Morgan fingerprint density at radius 1 is 0.474 bits per heavy atom. The maximum absolute atomic E-state index is 13.1. The summed E-state index contributed by atoms with van der Waals surface area (Å²) in [5.74, 6) is 0. The summed E-state index contributed by atoms with van der Waals surface area (Å²) in [4.78, 5) is 0. The van der Waals surface area contributed by atoms with Gasteiger partial charge in [-0.05, 0) is 67.8 Å². The van der Waals surface area contributed by atoms with Crippen LogP contribution in [-0.4, -0.2) is 6.88 Å². The average molecular weight is 947 g/mol. The third kappa shape index (κ3) is 13.0. The summed E-state index contributed by atoms with van der Waals surface area (Å²) in [6.07, 6.45) is -18.7. The Labute approximate surface area is 352 Å². The normalized spacial score (nSPS) is 11.5. The number of fused-ring (bicyclic) bond motifs is 2. The second-order valence-electron chi connectivity index (χ2n) is 12.5. The van der Waals surface area contributed by atoms with E-state index in [2.05, 4.69) is 6.88 Å². The van der Waals surface area contributed by atoms with Crippen LogP contribution in [-0.2, 0) is 54.5 Å². The molecule has 0 aromatic heterocycles. The molecule has 6 rings (SSSR count). The Bertz CT molecular complexity index is 2200. The number of alkyl halides is 12. The molecule has 0 spiro atoms. The van der Waals surface area contributed by atoms with Crippen LogP contribution >= 0.6 is 24.8 Å². The fourth-order valence-electron chi connectivity index (χ4n) is 6.06. The van der Waals surface area contributed by atoms with Crippen LogP contribution in [0.5, 0.6) is 0 Å². The molecule has 0 N–H and O–H groups in total. The van der Waals surface area contributed by atoms with Crippen LogP contribution in [0.15, 0.2) is 84.9 Å². The number of benzene rings is 4. The summed E-state index contributed by atoms with van der Waals surface area (Å²) < 4.78 is 157. The molecule has 0 unspecified atom stereocenters. The molecule has 6 aromatic rings. The van der Waals surface area contributed by atoms with Crippen molar-refractivity contribution < 1.29 is 76.0 Å². The molecule has 0 atom stereocenters. The third-order valence-electron chi connectivity index (χ3n) is 8.34. The van der Waals surface area contributed by atoms with Crippen molar-refractivity contribution in [1.82, 2.24) is 0 Å². The standard InChI is InChI=1S/C20H15F6.C19H13F6.2CH3.2ClH.Si.Zr/c1-3-12-6-13-4-11(2)5-17(18(13)7-12)14-8-15(19(21,22)23)10-16(9-14)20(24,25)26;1-10-3-12-4-11(2)6-17(16(12)5-10)13-7-14(18(20,21)22)9-15(8-13)19(23,24)25;;;;;;/h4-10H,3H2,1-2H3;3-9H,1-2H3;2*1H3;2*1H;;/q4*-1;;;;. The van der Waals surface area contributed by atoms with Gasteiger partial charge in [0.15, 0.2) is 0 Å². The second kappa shape index (κ2) is 20.3. The fraction of sp³-hybridized carbons (Fsp3) is 0.220. The quantitative estimate of drug-likeness (QED) is 0.0942. The second-order valence-corrected chi connectivity index (χ2v) is 12.5. The first-order chi connectivity index (χ1) is 24.4.